The molecule has 2 saturated heterocycles. The quantitative estimate of drug-likeness (QED) is 0.405. The average Bonchev–Trinajstić information content (AvgIpc) is 3.08. The summed E-state index contributed by atoms with van der Waals surface area (Å²) in [6.07, 6.45) is 8.08. The van der Waals surface area contributed by atoms with Gasteiger partial charge in [0.15, 0.2) is 5.96 Å². The van der Waals surface area contributed by atoms with Gasteiger partial charge >= 0.3 is 0 Å². The summed E-state index contributed by atoms with van der Waals surface area (Å²) in [5.74, 6) is 1.62. The van der Waals surface area contributed by atoms with E-state index in [-0.39, 0.29) is 0 Å². The normalized spacial score (nSPS) is 25.0. The molecular weight excluding hydrogens is 298 g/mol. The summed E-state index contributed by atoms with van der Waals surface area (Å²) in [6, 6.07) is 0.766. The van der Waals surface area contributed by atoms with Crippen molar-refractivity contribution in [2.24, 2.45) is 10.9 Å². The number of piperidine rings is 1. The molecule has 0 spiro atoms. The Balaban J connectivity index is 1.54. The van der Waals surface area contributed by atoms with Crippen molar-refractivity contribution in [3.63, 3.8) is 0 Å². The Bertz CT molecular complexity index is 365. The van der Waals surface area contributed by atoms with E-state index in [4.69, 9.17) is 0 Å². The second-order valence-electron chi connectivity index (χ2n) is 7.73. The van der Waals surface area contributed by atoms with Crippen molar-refractivity contribution < 1.29 is 0 Å². The summed E-state index contributed by atoms with van der Waals surface area (Å²) in [7, 11) is 1.87. The Morgan fingerprint density at radius 1 is 1.12 bits per heavy atom. The van der Waals surface area contributed by atoms with Crippen molar-refractivity contribution in [3.8, 4) is 0 Å². The van der Waals surface area contributed by atoms with Crippen LogP contribution in [0.25, 0.3) is 0 Å². The Hall–Kier alpha value is -0.810. The van der Waals surface area contributed by atoms with Gasteiger partial charge in [-0.3, -0.25) is 4.99 Å². The number of aliphatic imine (C=N–C) groups is 1. The molecule has 0 aliphatic carbocycles. The highest BCUT2D eigenvalue weighted by Crippen LogP contribution is 2.16. The van der Waals surface area contributed by atoms with Crippen molar-refractivity contribution in [1.29, 1.82) is 0 Å². The largest absolute Gasteiger partial charge is 0.356 e. The molecule has 0 saturated carbocycles. The van der Waals surface area contributed by atoms with Crippen LogP contribution >= 0.6 is 0 Å². The number of nitrogens with one attached hydrogen (secondary N) is 2. The van der Waals surface area contributed by atoms with Gasteiger partial charge < -0.3 is 20.4 Å². The van der Waals surface area contributed by atoms with E-state index in [2.05, 4.69) is 39.3 Å². The zero-order valence-electron chi connectivity index (χ0n) is 16.2. The number of hydrogen-bond acceptors (Lipinski definition) is 3. The van der Waals surface area contributed by atoms with E-state index in [1.165, 1.54) is 71.2 Å². The lowest BCUT2D eigenvalue weighted by molar-refractivity contribution is 0.159. The molecule has 2 N–H and O–H groups in total. The van der Waals surface area contributed by atoms with Crippen LogP contribution in [0.5, 0.6) is 0 Å². The van der Waals surface area contributed by atoms with Crippen LogP contribution in [0.15, 0.2) is 4.99 Å². The molecule has 2 fully saturated rings. The maximum absolute atomic E-state index is 4.36. The second-order valence-corrected chi connectivity index (χ2v) is 7.73. The van der Waals surface area contributed by atoms with Crippen molar-refractivity contribution in [3.05, 3.63) is 0 Å². The monoisotopic (exact) mass is 337 g/mol. The highest BCUT2D eigenvalue weighted by molar-refractivity contribution is 5.79. The Morgan fingerprint density at radius 2 is 1.88 bits per heavy atom. The standard InChI is InChI=1S/C19H39N5/c1-17(16-23-11-6-7-12-23)15-22-19(20-3)21-10-8-14-24-13-5-4-9-18(24)2/h17-18H,4-16H2,1-3H3,(H2,20,21,22). The highest BCUT2D eigenvalue weighted by Gasteiger charge is 2.17. The molecule has 5 nitrogen and oxygen atoms in total. The van der Waals surface area contributed by atoms with Crippen LogP contribution in [0.4, 0.5) is 0 Å². The smallest absolute Gasteiger partial charge is 0.190 e. The minimum atomic E-state index is 0.663. The number of nitrogens with zero attached hydrogens (tertiary/aromatic N) is 3. The fraction of sp³-hybridized carbons (Fsp3) is 0.947. The summed E-state index contributed by atoms with van der Waals surface area (Å²) in [5, 5.41) is 6.96. The number of guanidine groups is 1. The van der Waals surface area contributed by atoms with Gasteiger partial charge in [-0.05, 0) is 64.6 Å². The van der Waals surface area contributed by atoms with E-state index in [9.17, 15) is 0 Å². The van der Waals surface area contributed by atoms with Crippen LogP contribution in [0.2, 0.25) is 0 Å². The van der Waals surface area contributed by atoms with Crippen molar-refractivity contribution >= 4 is 5.96 Å². The first kappa shape index (κ1) is 19.5. The Morgan fingerprint density at radius 3 is 2.58 bits per heavy atom. The summed E-state index contributed by atoms with van der Waals surface area (Å²) >= 11 is 0. The average molecular weight is 338 g/mol. The van der Waals surface area contributed by atoms with Crippen molar-refractivity contribution in [2.75, 3.05) is 52.9 Å². The third kappa shape index (κ3) is 6.98. The molecule has 2 heterocycles. The summed E-state index contributed by atoms with van der Waals surface area (Å²) in [6.45, 7) is 13.0. The van der Waals surface area contributed by atoms with Crippen LogP contribution in [0.1, 0.15) is 52.4 Å². The highest BCUT2D eigenvalue weighted by atomic mass is 15.2. The van der Waals surface area contributed by atoms with E-state index in [0.29, 0.717) is 5.92 Å². The first-order valence-corrected chi connectivity index (χ1v) is 10.1. The number of likely N-dealkylation sites (tertiary alicyclic amines) is 2. The predicted molar refractivity (Wildman–Crippen MR) is 104 cm³/mol. The molecule has 0 amide bonds. The zero-order chi connectivity index (χ0) is 17.2. The van der Waals surface area contributed by atoms with Crippen LogP contribution in [-0.4, -0.2) is 74.7 Å². The second kappa shape index (κ2) is 10.9. The van der Waals surface area contributed by atoms with Crippen LogP contribution in [-0.2, 0) is 0 Å². The molecule has 2 aliphatic heterocycles. The van der Waals surface area contributed by atoms with Gasteiger partial charge in [-0.25, -0.2) is 0 Å². The molecule has 2 atom stereocenters. The predicted octanol–water partition coefficient (Wildman–Crippen LogP) is 2.15. The minimum absolute atomic E-state index is 0.663. The van der Waals surface area contributed by atoms with Gasteiger partial charge in [0.05, 0.1) is 0 Å². The van der Waals surface area contributed by atoms with E-state index < -0.39 is 0 Å². The fourth-order valence-electron chi connectivity index (χ4n) is 3.94. The van der Waals surface area contributed by atoms with E-state index in [1.54, 1.807) is 0 Å². The third-order valence-electron chi connectivity index (χ3n) is 5.47. The SMILES string of the molecule is CN=C(NCCCN1CCCCC1C)NCC(C)CN1CCCC1. The molecule has 2 unspecified atom stereocenters. The lowest BCUT2D eigenvalue weighted by atomic mass is 10.0. The lowest BCUT2D eigenvalue weighted by Gasteiger charge is -2.33. The molecule has 0 bridgehead atoms. The molecular formula is C19H39N5. The molecule has 5 heteroatoms. The van der Waals surface area contributed by atoms with Crippen molar-refractivity contribution in [2.45, 2.75) is 58.4 Å². The first-order chi connectivity index (χ1) is 11.7. The van der Waals surface area contributed by atoms with E-state index in [0.717, 1.165) is 25.1 Å². The van der Waals surface area contributed by atoms with Crippen LogP contribution in [0.3, 0.4) is 0 Å². The fourth-order valence-corrected chi connectivity index (χ4v) is 3.94. The number of hydrogen-bond donors (Lipinski definition) is 2. The molecule has 2 aliphatic rings. The number of rotatable bonds is 8. The Kier molecular flexibility index (Phi) is 8.89. The van der Waals surface area contributed by atoms with Gasteiger partial charge in [0.25, 0.3) is 0 Å². The van der Waals surface area contributed by atoms with Gasteiger partial charge in [0, 0.05) is 39.3 Å². The Labute approximate surface area is 149 Å². The first-order valence-electron chi connectivity index (χ1n) is 10.1. The zero-order valence-corrected chi connectivity index (χ0v) is 16.2. The topological polar surface area (TPSA) is 42.9 Å². The summed E-state index contributed by atoms with van der Waals surface area (Å²) in [4.78, 5) is 9.58. The van der Waals surface area contributed by atoms with Crippen LogP contribution < -0.4 is 10.6 Å². The molecule has 0 radical (unpaired) electrons. The maximum Gasteiger partial charge on any atom is 0.190 e. The maximum atomic E-state index is 4.36. The molecule has 24 heavy (non-hydrogen) atoms. The lowest BCUT2D eigenvalue weighted by Crippen LogP contribution is -2.43. The van der Waals surface area contributed by atoms with Crippen LogP contribution in [0, 0.1) is 5.92 Å². The van der Waals surface area contributed by atoms with Crippen molar-refractivity contribution in [1.82, 2.24) is 20.4 Å². The van der Waals surface area contributed by atoms with Gasteiger partial charge in [0.1, 0.15) is 0 Å². The molecule has 140 valence electrons. The minimum Gasteiger partial charge on any atom is -0.356 e. The summed E-state index contributed by atoms with van der Waals surface area (Å²) in [5.41, 5.74) is 0. The molecule has 0 aromatic rings. The third-order valence-corrected chi connectivity index (χ3v) is 5.47. The van der Waals surface area contributed by atoms with Gasteiger partial charge in [0.2, 0.25) is 0 Å². The molecule has 0 aromatic heterocycles. The molecule has 2 rings (SSSR count). The van der Waals surface area contributed by atoms with Gasteiger partial charge in [-0.2, -0.15) is 0 Å². The summed E-state index contributed by atoms with van der Waals surface area (Å²) < 4.78 is 0. The molecule has 0 aromatic carbocycles. The van der Waals surface area contributed by atoms with Gasteiger partial charge in [-0.1, -0.05) is 13.3 Å². The van der Waals surface area contributed by atoms with E-state index in [1.807, 2.05) is 7.05 Å². The van der Waals surface area contributed by atoms with Gasteiger partial charge in [-0.15, -0.1) is 0 Å². The van der Waals surface area contributed by atoms with E-state index >= 15 is 0 Å².